The van der Waals surface area contributed by atoms with Gasteiger partial charge in [0.1, 0.15) is 17.2 Å². The van der Waals surface area contributed by atoms with E-state index in [0.717, 1.165) is 5.56 Å². The lowest BCUT2D eigenvalue weighted by Crippen LogP contribution is -2.25. The van der Waals surface area contributed by atoms with Crippen molar-refractivity contribution in [3.05, 3.63) is 54.1 Å². The summed E-state index contributed by atoms with van der Waals surface area (Å²) in [5, 5.41) is 4.09. The van der Waals surface area contributed by atoms with E-state index in [2.05, 4.69) is 10.5 Å². The fourth-order valence-electron chi connectivity index (χ4n) is 2.00. The van der Waals surface area contributed by atoms with E-state index in [0.29, 0.717) is 23.0 Å². The maximum atomic E-state index is 11.8. The first-order chi connectivity index (χ1) is 11.6. The van der Waals surface area contributed by atoms with Gasteiger partial charge in [-0.15, -0.1) is 0 Å². The fourth-order valence-corrected chi connectivity index (χ4v) is 2.00. The molecule has 2 aromatic rings. The van der Waals surface area contributed by atoms with Gasteiger partial charge in [0.05, 0.1) is 19.9 Å². The minimum absolute atomic E-state index is 0.111. The molecule has 126 valence electrons. The summed E-state index contributed by atoms with van der Waals surface area (Å²) in [4.78, 5) is 11.8. The van der Waals surface area contributed by atoms with Crippen molar-refractivity contribution in [2.75, 3.05) is 20.8 Å². The van der Waals surface area contributed by atoms with Gasteiger partial charge in [0.25, 0.3) is 5.91 Å². The lowest BCUT2D eigenvalue weighted by molar-refractivity contribution is -0.123. The maximum Gasteiger partial charge on any atom is 0.277 e. The number of hydrogen-bond donors (Lipinski definition) is 1. The second-order valence-corrected chi connectivity index (χ2v) is 4.90. The van der Waals surface area contributed by atoms with Crippen LogP contribution >= 0.6 is 0 Å². The van der Waals surface area contributed by atoms with Crippen molar-refractivity contribution < 1.29 is 19.0 Å². The monoisotopic (exact) mass is 328 g/mol. The summed E-state index contributed by atoms with van der Waals surface area (Å²) in [6, 6.07) is 14.5. The summed E-state index contributed by atoms with van der Waals surface area (Å²) in [5.41, 5.74) is 3.85. The van der Waals surface area contributed by atoms with E-state index in [1.165, 1.54) is 0 Å². The standard InChI is InChI=1S/C18H20N2O4/c1-13(16-10-9-15(22-2)11-17(16)23-3)19-20-18(21)12-24-14-7-5-4-6-8-14/h4-11H,12H2,1-3H3,(H,20,21)/b19-13+. The molecule has 0 radical (unpaired) electrons. The van der Waals surface area contributed by atoms with Gasteiger partial charge in [0.15, 0.2) is 6.61 Å². The molecule has 0 atom stereocenters. The van der Waals surface area contributed by atoms with Gasteiger partial charge in [-0.05, 0) is 31.2 Å². The van der Waals surface area contributed by atoms with Gasteiger partial charge >= 0.3 is 0 Å². The van der Waals surface area contributed by atoms with Gasteiger partial charge in [0, 0.05) is 11.6 Å². The van der Waals surface area contributed by atoms with E-state index in [4.69, 9.17) is 14.2 Å². The summed E-state index contributed by atoms with van der Waals surface area (Å²) < 4.78 is 15.8. The first-order valence-corrected chi connectivity index (χ1v) is 7.37. The number of rotatable bonds is 7. The third kappa shape index (κ3) is 4.74. The molecule has 0 aliphatic heterocycles. The molecular weight excluding hydrogens is 308 g/mol. The van der Waals surface area contributed by atoms with E-state index in [1.54, 1.807) is 45.4 Å². The molecule has 2 rings (SSSR count). The van der Waals surface area contributed by atoms with Gasteiger partial charge in [-0.25, -0.2) is 5.43 Å². The van der Waals surface area contributed by atoms with Crippen LogP contribution in [0.2, 0.25) is 0 Å². The first kappa shape index (κ1) is 17.3. The second kappa shape index (κ2) is 8.57. The van der Waals surface area contributed by atoms with Crippen LogP contribution < -0.4 is 19.6 Å². The molecule has 2 aromatic carbocycles. The van der Waals surface area contributed by atoms with Crippen LogP contribution in [-0.4, -0.2) is 32.4 Å². The average molecular weight is 328 g/mol. The molecule has 0 fully saturated rings. The molecule has 0 aliphatic carbocycles. The molecule has 0 aliphatic rings. The predicted octanol–water partition coefficient (Wildman–Crippen LogP) is 2.62. The van der Waals surface area contributed by atoms with E-state index in [1.807, 2.05) is 24.3 Å². The molecule has 24 heavy (non-hydrogen) atoms. The molecule has 6 heteroatoms. The van der Waals surface area contributed by atoms with Crippen LogP contribution in [0.3, 0.4) is 0 Å². The Hall–Kier alpha value is -3.02. The number of hydrogen-bond acceptors (Lipinski definition) is 5. The molecule has 1 N–H and O–H groups in total. The van der Waals surface area contributed by atoms with Gasteiger partial charge in [0.2, 0.25) is 0 Å². The second-order valence-electron chi connectivity index (χ2n) is 4.90. The quantitative estimate of drug-likeness (QED) is 0.626. The van der Waals surface area contributed by atoms with Crippen molar-refractivity contribution in [3.63, 3.8) is 0 Å². The van der Waals surface area contributed by atoms with Crippen LogP contribution in [0.5, 0.6) is 17.2 Å². The van der Waals surface area contributed by atoms with Gasteiger partial charge < -0.3 is 14.2 Å². The highest BCUT2D eigenvalue weighted by atomic mass is 16.5. The van der Waals surface area contributed by atoms with Crippen molar-refractivity contribution in [3.8, 4) is 17.2 Å². The molecule has 0 saturated heterocycles. The zero-order chi connectivity index (χ0) is 17.4. The number of benzene rings is 2. The Balaban J connectivity index is 1.97. The Morgan fingerprint density at radius 1 is 1.04 bits per heavy atom. The highest BCUT2D eigenvalue weighted by Crippen LogP contribution is 2.25. The molecule has 0 bridgehead atoms. The molecule has 0 heterocycles. The van der Waals surface area contributed by atoms with Crippen LogP contribution in [0.1, 0.15) is 12.5 Å². The van der Waals surface area contributed by atoms with Crippen LogP contribution in [0.25, 0.3) is 0 Å². The van der Waals surface area contributed by atoms with Crippen LogP contribution in [-0.2, 0) is 4.79 Å². The number of ether oxygens (including phenoxy) is 3. The van der Waals surface area contributed by atoms with Gasteiger partial charge in [-0.3, -0.25) is 4.79 Å². The first-order valence-electron chi connectivity index (χ1n) is 7.37. The zero-order valence-electron chi connectivity index (χ0n) is 13.9. The lowest BCUT2D eigenvalue weighted by Gasteiger charge is -2.10. The predicted molar refractivity (Wildman–Crippen MR) is 91.8 cm³/mol. The zero-order valence-corrected chi connectivity index (χ0v) is 13.9. The van der Waals surface area contributed by atoms with Crippen LogP contribution in [0, 0.1) is 0 Å². The Bertz CT molecular complexity index is 714. The molecule has 0 aromatic heterocycles. The van der Waals surface area contributed by atoms with E-state index >= 15 is 0 Å². The highest BCUT2D eigenvalue weighted by Gasteiger charge is 2.09. The van der Waals surface area contributed by atoms with Crippen LogP contribution in [0.15, 0.2) is 53.6 Å². The van der Waals surface area contributed by atoms with Crippen molar-refractivity contribution in [2.24, 2.45) is 5.10 Å². The average Bonchev–Trinajstić information content (AvgIpc) is 2.64. The number of hydrazone groups is 1. The van der Waals surface area contributed by atoms with Gasteiger partial charge in [-0.1, -0.05) is 18.2 Å². The van der Waals surface area contributed by atoms with Crippen molar-refractivity contribution in [2.45, 2.75) is 6.92 Å². The number of nitrogens with zero attached hydrogens (tertiary/aromatic N) is 1. The third-order valence-electron chi connectivity index (χ3n) is 3.26. The number of methoxy groups -OCH3 is 2. The molecular formula is C18H20N2O4. The molecule has 0 saturated carbocycles. The number of nitrogens with one attached hydrogen (secondary N) is 1. The number of carbonyl (C=O) groups excluding carboxylic acids is 1. The molecule has 6 nitrogen and oxygen atoms in total. The summed E-state index contributed by atoms with van der Waals surface area (Å²) in [6.07, 6.45) is 0. The van der Waals surface area contributed by atoms with E-state index in [-0.39, 0.29) is 12.5 Å². The van der Waals surface area contributed by atoms with Crippen molar-refractivity contribution in [1.82, 2.24) is 5.43 Å². The summed E-state index contributed by atoms with van der Waals surface area (Å²) in [5.74, 6) is 1.59. The van der Waals surface area contributed by atoms with E-state index < -0.39 is 0 Å². The summed E-state index contributed by atoms with van der Waals surface area (Å²) in [6.45, 7) is 1.67. The van der Waals surface area contributed by atoms with Crippen molar-refractivity contribution >= 4 is 11.6 Å². The Morgan fingerprint density at radius 2 is 1.79 bits per heavy atom. The molecule has 1 amide bonds. The minimum Gasteiger partial charge on any atom is -0.497 e. The van der Waals surface area contributed by atoms with Gasteiger partial charge in [-0.2, -0.15) is 5.10 Å². The van der Waals surface area contributed by atoms with Crippen LogP contribution in [0.4, 0.5) is 0 Å². The summed E-state index contributed by atoms with van der Waals surface area (Å²) >= 11 is 0. The molecule has 0 unspecified atom stereocenters. The number of amides is 1. The Kier molecular flexibility index (Phi) is 6.19. The highest BCUT2D eigenvalue weighted by molar-refractivity contribution is 6.01. The van der Waals surface area contributed by atoms with E-state index in [9.17, 15) is 4.79 Å². The maximum absolute atomic E-state index is 11.8. The minimum atomic E-state index is -0.342. The number of para-hydroxylation sites is 1. The third-order valence-corrected chi connectivity index (χ3v) is 3.26. The molecule has 0 spiro atoms. The summed E-state index contributed by atoms with van der Waals surface area (Å²) in [7, 11) is 3.15. The Labute approximate surface area is 141 Å². The number of carbonyl (C=O) groups is 1. The lowest BCUT2D eigenvalue weighted by atomic mass is 10.1. The van der Waals surface area contributed by atoms with Crippen molar-refractivity contribution in [1.29, 1.82) is 0 Å². The topological polar surface area (TPSA) is 69.2 Å². The smallest absolute Gasteiger partial charge is 0.277 e. The SMILES string of the molecule is COc1ccc(/C(C)=N/NC(=O)COc2ccccc2)c(OC)c1. The normalized spacial score (nSPS) is 10.9. The Morgan fingerprint density at radius 3 is 2.46 bits per heavy atom. The fraction of sp³-hybridized carbons (Fsp3) is 0.222. The largest absolute Gasteiger partial charge is 0.497 e.